The fraction of sp³-hybridized carbons (Fsp3) is 0.429. The molecular weight excluding hydrogens is 240 g/mol. The second kappa shape index (κ2) is 4.66. The molecule has 0 radical (unpaired) electrons. The molecule has 1 aromatic heterocycles. The van der Waals surface area contributed by atoms with Crippen LogP contribution in [0.3, 0.4) is 0 Å². The van der Waals surface area contributed by atoms with Crippen molar-refractivity contribution in [3.8, 4) is 0 Å². The Kier molecular flexibility index (Phi) is 2.98. The molecule has 1 amide bonds. The fourth-order valence-electron chi connectivity index (χ4n) is 2.54. The lowest BCUT2D eigenvalue weighted by Crippen LogP contribution is -2.56. The molecule has 1 fully saturated rings. The van der Waals surface area contributed by atoms with Gasteiger partial charge in [0.05, 0.1) is 11.7 Å². The van der Waals surface area contributed by atoms with Crippen LogP contribution in [0, 0.1) is 0 Å². The third-order valence-corrected chi connectivity index (χ3v) is 3.71. The van der Waals surface area contributed by atoms with Gasteiger partial charge in [-0.2, -0.15) is 5.10 Å². The lowest BCUT2D eigenvalue weighted by atomic mass is 10.1. The van der Waals surface area contributed by atoms with E-state index in [9.17, 15) is 4.79 Å². The zero-order chi connectivity index (χ0) is 13.4. The Balaban J connectivity index is 1.89. The van der Waals surface area contributed by atoms with Gasteiger partial charge in [0.2, 0.25) is 0 Å². The van der Waals surface area contributed by atoms with Crippen LogP contribution in [0.2, 0.25) is 0 Å². The summed E-state index contributed by atoms with van der Waals surface area (Å²) in [7, 11) is 0. The number of hydrogen-bond donors (Lipinski definition) is 2. The van der Waals surface area contributed by atoms with Crippen molar-refractivity contribution in [2.24, 2.45) is 0 Å². The number of rotatable bonds is 1. The number of nitrogens with zero attached hydrogens (tertiary/aromatic N) is 2. The number of amides is 1. The molecule has 5 heteroatoms. The number of carbonyl (C=O) groups excluding carboxylic acids is 1. The first-order valence-electron chi connectivity index (χ1n) is 6.62. The molecule has 1 saturated heterocycles. The summed E-state index contributed by atoms with van der Waals surface area (Å²) in [6.45, 7) is 5.77. The van der Waals surface area contributed by atoms with Crippen LogP contribution < -0.4 is 5.32 Å². The smallest absolute Gasteiger partial charge is 0.254 e. The maximum Gasteiger partial charge on any atom is 0.254 e. The van der Waals surface area contributed by atoms with E-state index in [1.807, 2.05) is 23.1 Å². The average molecular weight is 258 g/mol. The highest BCUT2D eigenvalue weighted by atomic mass is 16.2. The molecule has 1 aromatic carbocycles. The Morgan fingerprint density at radius 3 is 3.11 bits per heavy atom. The summed E-state index contributed by atoms with van der Waals surface area (Å²) < 4.78 is 0. The predicted octanol–water partition coefficient (Wildman–Crippen LogP) is 1.39. The Morgan fingerprint density at radius 2 is 2.26 bits per heavy atom. The number of piperazine rings is 1. The largest absolute Gasteiger partial charge is 0.333 e. The Morgan fingerprint density at radius 1 is 1.42 bits per heavy atom. The van der Waals surface area contributed by atoms with Gasteiger partial charge in [0.15, 0.2) is 0 Å². The van der Waals surface area contributed by atoms with Crippen molar-refractivity contribution in [3.05, 3.63) is 30.0 Å². The summed E-state index contributed by atoms with van der Waals surface area (Å²) in [6.07, 6.45) is 1.76. The van der Waals surface area contributed by atoms with Crippen LogP contribution in [0.5, 0.6) is 0 Å². The third kappa shape index (κ3) is 2.21. The Hall–Kier alpha value is -1.88. The SMILES string of the molecule is CC1CN(C(=O)c2ccc3cn[nH]c3c2)C(C)CN1. The van der Waals surface area contributed by atoms with E-state index in [0.29, 0.717) is 6.04 Å². The number of aromatic amines is 1. The van der Waals surface area contributed by atoms with Gasteiger partial charge in [0.1, 0.15) is 0 Å². The first-order chi connectivity index (χ1) is 9.15. The third-order valence-electron chi connectivity index (χ3n) is 3.71. The van der Waals surface area contributed by atoms with Gasteiger partial charge in [-0.15, -0.1) is 0 Å². The van der Waals surface area contributed by atoms with Crippen LogP contribution in [0.15, 0.2) is 24.4 Å². The highest BCUT2D eigenvalue weighted by Gasteiger charge is 2.27. The van der Waals surface area contributed by atoms with Crippen molar-refractivity contribution in [3.63, 3.8) is 0 Å². The number of H-pyrrole nitrogens is 1. The summed E-state index contributed by atoms with van der Waals surface area (Å²) in [6, 6.07) is 6.25. The summed E-state index contributed by atoms with van der Waals surface area (Å²) in [5.74, 6) is 0.0948. The number of nitrogens with one attached hydrogen (secondary N) is 2. The molecule has 0 spiro atoms. The Bertz CT molecular complexity index is 606. The summed E-state index contributed by atoms with van der Waals surface area (Å²) in [4.78, 5) is 14.5. The van der Waals surface area contributed by atoms with E-state index in [-0.39, 0.29) is 11.9 Å². The molecular formula is C14H18N4O. The topological polar surface area (TPSA) is 61.0 Å². The first kappa shape index (κ1) is 12.2. The van der Waals surface area contributed by atoms with E-state index in [0.717, 1.165) is 29.6 Å². The van der Waals surface area contributed by atoms with E-state index < -0.39 is 0 Å². The van der Waals surface area contributed by atoms with Crippen LogP contribution in [0.1, 0.15) is 24.2 Å². The standard InChI is InChI=1S/C14H18N4O/c1-9-8-18(10(2)6-15-9)14(19)11-3-4-12-7-16-17-13(12)5-11/h3-5,7,9-10,15H,6,8H2,1-2H3,(H,16,17). The molecule has 2 unspecified atom stereocenters. The van der Waals surface area contributed by atoms with Crippen molar-refractivity contribution in [2.45, 2.75) is 25.9 Å². The van der Waals surface area contributed by atoms with Crippen molar-refractivity contribution in [1.29, 1.82) is 0 Å². The van der Waals surface area contributed by atoms with Gasteiger partial charge < -0.3 is 10.2 Å². The van der Waals surface area contributed by atoms with Gasteiger partial charge in [-0.25, -0.2) is 0 Å². The van der Waals surface area contributed by atoms with Crippen molar-refractivity contribution < 1.29 is 4.79 Å². The fourth-order valence-corrected chi connectivity index (χ4v) is 2.54. The van der Waals surface area contributed by atoms with Gasteiger partial charge in [0.25, 0.3) is 5.91 Å². The molecule has 1 aliphatic heterocycles. The quantitative estimate of drug-likeness (QED) is 0.812. The van der Waals surface area contributed by atoms with Crippen molar-refractivity contribution >= 4 is 16.8 Å². The van der Waals surface area contributed by atoms with Crippen LogP contribution in [-0.2, 0) is 0 Å². The number of aromatic nitrogens is 2. The van der Waals surface area contributed by atoms with Crippen LogP contribution >= 0.6 is 0 Å². The van der Waals surface area contributed by atoms with E-state index >= 15 is 0 Å². The van der Waals surface area contributed by atoms with Crippen LogP contribution in [0.4, 0.5) is 0 Å². The summed E-state index contributed by atoms with van der Waals surface area (Å²) in [5, 5.41) is 11.3. The monoisotopic (exact) mass is 258 g/mol. The lowest BCUT2D eigenvalue weighted by molar-refractivity contribution is 0.0616. The van der Waals surface area contributed by atoms with Crippen molar-refractivity contribution in [1.82, 2.24) is 20.4 Å². The molecule has 2 N–H and O–H groups in total. The van der Waals surface area contributed by atoms with Gasteiger partial charge in [0, 0.05) is 36.1 Å². The summed E-state index contributed by atoms with van der Waals surface area (Å²) in [5.41, 5.74) is 1.62. The highest BCUT2D eigenvalue weighted by Crippen LogP contribution is 2.17. The minimum Gasteiger partial charge on any atom is -0.333 e. The van der Waals surface area contributed by atoms with Crippen molar-refractivity contribution in [2.75, 3.05) is 13.1 Å². The molecule has 0 bridgehead atoms. The zero-order valence-corrected chi connectivity index (χ0v) is 11.2. The Labute approximate surface area is 112 Å². The molecule has 1 aliphatic rings. The minimum atomic E-state index is 0.0948. The maximum absolute atomic E-state index is 12.6. The van der Waals surface area contributed by atoms with Crippen LogP contribution in [-0.4, -0.2) is 46.2 Å². The van der Waals surface area contributed by atoms with Crippen LogP contribution in [0.25, 0.3) is 10.9 Å². The van der Waals surface area contributed by atoms with E-state index in [2.05, 4.69) is 29.4 Å². The van der Waals surface area contributed by atoms with E-state index in [1.54, 1.807) is 6.20 Å². The highest BCUT2D eigenvalue weighted by molar-refractivity contribution is 5.98. The van der Waals surface area contributed by atoms with Gasteiger partial charge >= 0.3 is 0 Å². The summed E-state index contributed by atoms with van der Waals surface area (Å²) >= 11 is 0. The van der Waals surface area contributed by atoms with Gasteiger partial charge in [-0.3, -0.25) is 9.89 Å². The second-order valence-corrected chi connectivity index (χ2v) is 5.29. The average Bonchev–Trinajstić information content (AvgIpc) is 2.88. The molecule has 0 saturated carbocycles. The van der Waals surface area contributed by atoms with E-state index in [1.165, 1.54) is 0 Å². The molecule has 19 heavy (non-hydrogen) atoms. The maximum atomic E-state index is 12.6. The number of hydrogen-bond acceptors (Lipinski definition) is 3. The number of benzene rings is 1. The molecule has 2 heterocycles. The molecule has 3 rings (SSSR count). The van der Waals surface area contributed by atoms with E-state index in [4.69, 9.17) is 0 Å². The minimum absolute atomic E-state index is 0.0948. The normalized spacial score (nSPS) is 23.8. The number of fused-ring (bicyclic) bond motifs is 1. The lowest BCUT2D eigenvalue weighted by Gasteiger charge is -2.37. The number of carbonyl (C=O) groups is 1. The van der Waals surface area contributed by atoms with Gasteiger partial charge in [-0.1, -0.05) is 6.07 Å². The molecule has 0 aliphatic carbocycles. The molecule has 2 aromatic rings. The second-order valence-electron chi connectivity index (χ2n) is 5.29. The molecule has 5 nitrogen and oxygen atoms in total. The predicted molar refractivity (Wildman–Crippen MR) is 74.1 cm³/mol. The first-order valence-corrected chi connectivity index (χ1v) is 6.62. The molecule has 2 atom stereocenters. The van der Waals surface area contributed by atoms with Gasteiger partial charge in [-0.05, 0) is 26.0 Å². The molecule has 100 valence electrons. The zero-order valence-electron chi connectivity index (χ0n) is 11.2.